The number of aromatic nitrogens is 1. The van der Waals surface area contributed by atoms with Gasteiger partial charge in [-0.25, -0.2) is 9.37 Å². The van der Waals surface area contributed by atoms with E-state index >= 15 is 0 Å². The van der Waals surface area contributed by atoms with Crippen LogP contribution in [0.3, 0.4) is 0 Å². The van der Waals surface area contributed by atoms with Crippen LogP contribution in [-0.4, -0.2) is 22.5 Å². The first-order valence-corrected chi connectivity index (χ1v) is 8.09. The van der Waals surface area contributed by atoms with Gasteiger partial charge in [-0.1, -0.05) is 17.8 Å². The number of fused-ring (bicyclic) bond motifs is 1. The van der Waals surface area contributed by atoms with Crippen molar-refractivity contribution in [3.05, 3.63) is 24.0 Å². The van der Waals surface area contributed by atoms with Crippen molar-refractivity contribution < 1.29 is 4.39 Å². The molecule has 1 unspecified atom stereocenters. The number of benzene rings is 1. The Morgan fingerprint density at radius 3 is 3.17 bits per heavy atom. The van der Waals surface area contributed by atoms with Gasteiger partial charge in [0, 0.05) is 11.8 Å². The molecular formula is C13H15FN2S2. The lowest BCUT2D eigenvalue weighted by molar-refractivity contribution is 0.630. The first-order chi connectivity index (χ1) is 8.81. The van der Waals surface area contributed by atoms with E-state index in [0.29, 0.717) is 5.25 Å². The van der Waals surface area contributed by atoms with E-state index in [1.54, 1.807) is 12.1 Å². The largest absolute Gasteiger partial charge is 0.360 e. The van der Waals surface area contributed by atoms with Crippen LogP contribution in [0, 0.1) is 5.82 Å². The number of rotatable bonds is 3. The number of halogens is 1. The SMILES string of the molecule is Fc1ccc2nc(NCC3CCCCS3)sc2c1. The maximum absolute atomic E-state index is 13.1. The monoisotopic (exact) mass is 282 g/mol. The normalized spacial score (nSPS) is 20.2. The number of thiazole rings is 1. The van der Waals surface area contributed by atoms with E-state index in [1.165, 1.54) is 42.4 Å². The standard InChI is InChI=1S/C13H15FN2S2/c14-9-4-5-11-12(7-9)18-13(16-11)15-8-10-3-1-2-6-17-10/h4-5,7,10H,1-3,6,8H2,(H,15,16). The predicted molar refractivity (Wildman–Crippen MR) is 78.2 cm³/mol. The van der Waals surface area contributed by atoms with Crippen LogP contribution < -0.4 is 5.32 Å². The van der Waals surface area contributed by atoms with E-state index in [0.717, 1.165) is 21.9 Å². The van der Waals surface area contributed by atoms with Crippen LogP contribution in [0.25, 0.3) is 10.2 Å². The molecule has 2 aromatic rings. The number of thioether (sulfide) groups is 1. The minimum Gasteiger partial charge on any atom is -0.360 e. The van der Waals surface area contributed by atoms with Gasteiger partial charge in [-0.05, 0) is 36.8 Å². The van der Waals surface area contributed by atoms with Crippen molar-refractivity contribution in [1.82, 2.24) is 4.98 Å². The lowest BCUT2D eigenvalue weighted by Crippen LogP contribution is -2.19. The summed E-state index contributed by atoms with van der Waals surface area (Å²) in [7, 11) is 0. The van der Waals surface area contributed by atoms with E-state index in [-0.39, 0.29) is 5.82 Å². The van der Waals surface area contributed by atoms with Crippen molar-refractivity contribution in [3.63, 3.8) is 0 Å². The van der Waals surface area contributed by atoms with Gasteiger partial charge in [-0.15, -0.1) is 0 Å². The summed E-state index contributed by atoms with van der Waals surface area (Å²) in [5.74, 6) is 1.08. The molecule has 0 saturated carbocycles. The van der Waals surface area contributed by atoms with Gasteiger partial charge in [-0.3, -0.25) is 0 Å². The summed E-state index contributed by atoms with van der Waals surface area (Å²) in [6, 6.07) is 4.75. The Hall–Kier alpha value is -0.810. The average molecular weight is 282 g/mol. The lowest BCUT2D eigenvalue weighted by Gasteiger charge is -2.21. The maximum atomic E-state index is 13.1. The summed E-state index contributed by atoms with van der Waals surface area (Å²) in [5, 5.41) is 4.99. The van der Waals surface area contributed by atoms with Gasteiger partial charge in [0.05, 0.1) is 10.2 Å². The minimum absolute atomic E-state index is 0.194. The second-order valence-corrected chi connectivity index (χ2v) is 6.94. The molecule has 2 nitrogen and oxygen atoms in total. The fourth-order valence-electron chi connectivity index (χ4n) is 2.14. The minimum atomic E-state index is -0.194. The number of hydrogen-bond acceptors (Lipinski definition) is 4. The summed E-state index contributed by atoms with van der Waals surface area (Å²) >= 11 is 3.57. The Kier molecular flexibility index (Phi) is 3.70. The summed E-state index contributed by atoms with van der Waals surface area (Å²) < 4.78 is 14.0. The molecular weight excluding hydrogens is 267 g/mol. The molecule has 0 amide bonds. The van der Waals surface area contributed by atoms with E-state index < -0.39 is 0 Å². The molecule has 1 atom stereocenters. The molecule has 1 N–H and O–H groups in total. The van der Waals surface area contributed by atoms with Crippen LogP contribution in [0.1, 0.15) is 19.3 Å². The van der Waals surface area contributed by atoms with Crippen LogP contribution >= 0.6 is 23.1 Å². The molecule has 1 aliphatic rings. The first kappa shape index (κ1) is 12.2. The Morgan fingerprint density at radius 1 is 1.39 bits per heavy atom. The van der Waals surface area contributed by atoms with Crippen LogP contribution in [0.4, 0.5) is 9.52 Å². The summed E-state index contributed by atoms with van der Waals surface area (Å²) in [4.78, 5) is 4.47. The van der Waals surface area contributed by atoms with Crippen LogP contribution in [-0.2, 0) is 0 Å². The van der Waals surface area contributed by atoms with Crippen LogP contribution in [0.15, 0.2) is 18.2 Å². The highest BCUT2D eigenvalue weighted by Crippen LogP contribution is 2.28. The number of anilines is 1. The van der Waals surface area contributed by atoms with Crippen molar-refractivity contribution in [1.29, 1.82) is 0 Å². The Morgan fingerprint density at radius 2 is 2.33 bits per heavy atom. The molecule has 2 heterocycles. The average Bonchev–Trinajstić information content (AvgIpc) is 2.79. The van der Waals surface area contributed by atoms with Crippen LogP contribution in [0.2, 0.25) is 0 Å². The third-order valence-corrected chi connectivity index (χ3v) is 5.48. The summed E-state index contributed by atoms with van der Waals surface area (Å²) in [6.45, 7) is 0.965. The zero-order valence-corrected chi connectivity index (χ0v) is 11.6. The van der Waals surface area contributed by atoms with E-state index in [1.807, 2.05) is 11.8 Å². The van der Waals surface area contributed by atoms with E-state index in [2.05, 4.69) is 10.3 Å². The van der Waals surface area contributed by atoms with Gasteiger partial charge in [0.2, 0.25) is 0 Å². The fourth-order valence-corrected chi connectivity index (χ4v) is 4.28. The lowest BCUT2D eigenvalue weighted by atomic mass is 10.2. The van der Waals surface area contributed by atoms with Crippen molar-refractivity contribution in [2.24, 2.45) is 0 Å². The van der Waals surface area contributed by atoms with Gasteiger partial charge in [0.15, 0.2) is 5.13 Å². The summed E-state index contributed by atoms with van der Waals surface area (Å²) in [5.41, 5.74) is 0.875. The topological polar surface area (TPSA) is 24.9 Å². The zero-order chi connectivity index (χ0) is 12.4. The molecule has 0 radical (unpaired) electrons. The second kappa shape index (κ2) is 5.45. The molecule has 3 rings (SSSR count). The van der Waals surface area contributed by atoms with Crippen LogP contribution in [0.5, 0.6) is 0 Å². The number of nitrogens with zero attached hydrogens (tertiary/aromatic N) is 1. The maximum Gasteiger partial charge on any atom is 0.183 e. The molecule has 1 aromatic carbocycles. The summed E-state index contributed by atoms with van der Waals surface area (Å²) in [6.07, 6.45) is 3.98. The van der Waals surface area contributed by atoms with Gasteiger partial charge in [0.25, 0.3) is 0 Å². The smallest absolute Gasteiger partial charge is 0.183 e. The number of hydrogen-bond donors (Lipinski definition) is 1. The molecule has 0 aliphatic carbocycles. The molecule has 5 heteroatoms. The van der Waals surface area contributed by atoms with Gasteiger partial charge >= 0.3 is 0 Å². The van der Waals surface area contributed by atoms with Gasteiger partial charge < -0.3 is 5.32 Å². The van der Waals surface area contributed by atoms with Crippen molar-refractivity contribution in [2.75, 3.05) is 17.6 Å². The molecule has 18 heavy (non-hydrogen) atoms. The predicted octanol–water partition coefficient (Wildman–Crippen LogP) is 4.13. The molecule has 0 spiro atoms. The highest BCUT2D eigenvalue weighted by molar-refractivity contribution is 7.99. The molecule has 0 bridgehead atoms. The van der Waals surface area contributed by atoms with Crippen molar-refractivity contribution >= 4 is 38.4 Å². The molecule has 1 fully saturated rings. The van der Waals surface area contributed by atoms with Gasteiger partial charge in [-0.2, -0.15) is 11.8 Å². The first-order valence-electron chi connectivity index (χ1n) is 6.23. The molecule has 1 saturated heterocycles. The molecule has 1 aliphatic heterocycles. The Bertz CT molecular complexity index is 535. The van der Waals surface area contributed by atoms with Crippen molar-refractivity contribution in [3.8, 4) is 0 Å². The Labute approximate surface area is 114 Å². The Balaban J connectivity index is 1.67. The zero-order valence-electron chi connectivity index (χ0n) is 9.99. The van der Waals surface area contributed by atoms with E-state index in [4.69, 9.17) is 0 Å². The molecule has 96 valence electrons. The second-order valence-electron chi connectivity index (χ2n) is 4.50. The number of nitrogens with one attached hydrogen (secondary N) is 1. The quantitative estimate of drug-likeness (QED) is 0.916. The third-order valence-electron chi connectivity index (χ3n) is 3.11. The highest BCUT2D eigenvalue weighted by Gasteiger charge is 2.14. The van der Waals surface area contributed by atoms with E-state index in [9.17, 15) is 4.39 Å². The molecule has 1 aromatic heterocycles. The van der Waals surface area contributed by atoms with Crippen molar-refractivity contribution in [2.45, 2.75) is 24.5 Å². The third kappa shape index (κ3) is 2.78. The highest BCUT2D eigenvalue weighted by atomic mass is 32.2. The van der Waals surface area contributed by atoms with Gasteiger partial charge in [0.1, 0.15) is 5.82 Å². The fraction of sp³-hybridized carbons (Fsp3) is 0.462.